The van der Waals surface area contributed by atoms with Crippen molar-refractivity contribution < 1.29 is 33.4 Å². The largest absolute Gasteiger partial charge is 0.465 e. The van der Waals surface area contributed by atoms with E-state index in [1.54, 1.807) is 6.20 Å². The van der Waals surface area contributed by atoms with Crippen molar-refractivity contribution in [2.45, 2.75) is 49.8 Å². The van der Waals surface area contributed by atoms with Crippen molar-refractivity contribution >= 4 is 39.1 Å². The summed E-state index contributed by atoms with van der Waals surface area (Å²) in [4.78, 5) is 28.5. The van der Waals surface area contributed by atoms with Crippen LogP contribution in [0.5, 0.6) is 0 Å². The van der Waals surface area contributed by atoms with E-state index in [1.807, 2.05) is 68.4 Å². The number of sulfonamides is 1. The van der Waals surface area contributed by atoms with Crippen LogP contribution in [-0.4, -0.2) is 82.6 Å². The van der Waals surface area contributed by atoms with Gasteiger partial charge in [0.25, 0.3) is 0 Å². The number of oxime groups is 1. The minimum Gasteiger partial charge on any atom is -0.465 e. The van der Waals surface area contributed by atoms with E-state index in [9.17, 15) is 28.2 Å². The molecule has 0 unspecified atom stereocenters. The molecule has 244 valence electrons. The zero-order valence-electron chi connectivity index (χ0n) is 25.6. The number of amides is 2. The summed E-state index contributed by atoms with van der Waals surface area (Å²) in [6.45, 7) is 3.46. The van der Waals surface area contributed by atoms with E-state index >= 15 is 0 Å². The average molecular weight is 650 g/mol. The maximum atomic E-state index is 13.8. The molecular weight excluding hydrogens is 610 g/mol. The van der Waals surface area contributed by atoms with Crippen LogP contribution in [0.2, 0.25) is 0 Å². The van der Waals surface area contributed by atoms with Gasteiger partial charge in [-0.25, -0.2) is 13.2 Å². The monoisotopic (exact) mass is 649 g/mol. The number of aromatic nitrogens is 1. The number of benzene rings is 3. The van der Waals surface area contributed by atoms with Crippen LogP contribution in [0.3, 0.4) is 0 Å². The number of hydrogen-bond donors (Lipinski definition) is 6. The molecule has 12 nitrogen and oxygen atoms in total. The molecule has 0 aliphatic heterocycles. The molecule has 0 saturated heterocycles. The van der Waals surface area contributed by atoms with Crippen molar-refractivity contribution in [1.82, 2.24) is 19.9 Å². The lowest BCUT2D eigenvalue weighted by atomic mass is 9.99. The second-order valence-electron chi connectivity index (χ2n) is 11.5. The Hall–Kier alpha value is -4.72. The summed E-state index contributed by atoms with van der Waals surface area (Å²) in [7, 11) is -4.08. The average Bonchev–Trinajstić information content (AvgIpc) is 3.43. The molecule has 2 amide bonds. The van der Waals surface area contributed by atoms with Crippen molar-refractivity contribution in [3.8, 4) is 0 Å². The van der Waals surface area contributed by atoms with E-state index in [-0.39, 0.29) is 36.7 Å². The van der Waals surface area contributed by atoms with Crippen LogP contribution in [-0.2, 0) is 27.7 Å². The van der Waals surface area contributed by atoms with E-state index in [0.717, 1.165) is 22.0 Å². The molecule has 4 aromatic rings. The number of para-hydroxylation sites is 1. The van der Waals surface area contributed by atoms with Crippen LogP contribution in [0.25, 0.3) is 10.9 Å². The first-order valence-electron chi connectivity index (χ1n) is 14.8. The van der Waals surface area contributed by atoms with Gasteiger partial charge in [-0.2, -0.15) is 4.31 Å². The van der Waals surface area contributed by atoms with E-state index in [2.05, 4.69) is 20.8 Å². The highest BCUT2D eigenvalue weighted by molar-refractivity contribution is 7.89. The fourth-order valence-electron chi connectivity index (χ4n) is 5.27. The number of hydrogen-bond acceptors (Lipinski definition) is 7. The number of carbonyl (C=O) groups excluding carboxylic acids is 1. The molecule has 0 fully saturated rings. The summed E-state index contributed by atoms with van der Waals surface area (Å²) in [5.41, 5.74) is 2.85. The van der Waals surface area contributed by atoms with Crippen LogP contribution in [0.4, 0.5) is 4.79 Å². The van der Waals surface area contributed by atoms with Crippen molar-refractivity contribution in [1.29, 1.82) is 0 Å². The molecule has 0 spiro atoms. The molecule has 13 heteroatoms. The second-order valence-corrected chi connectivity index (χ2v) is 13.4. The lowest BCUT2D eigenvalue weighted by Crippen LogP contribution is -2.56. The van der Waals surface area contributed by atoms with E-state index in [4.69, 9.17) is 5.21 Å². The Bertz CT molecular complexity index is 1740. The highest BCUT2D eigenvalue weighted by Gasteiger charge is 2.33. The van der Waals surface area contributed by atoms with Gasteiger partial charge < -0.3 is 31.0 Å². The second kappa shape index (κ2) is 15.5. The van der Waals surface area contributed by atoms with Gasteiger partial charge in [0.2, 0.25) is 15.9 Å². The van der Waals surface area contributed by atoms with Gasteiger partial charge in [-0.3, -0.25) is 4.79 Å². The SMILES string of the molecule is CC(C)CN(C[C@H](O)[C@H](Cc1ccccc1)NC(=O)[C@H](Cc1c[nH]c2ccccc12)NC(=O)O)S(=O)(=O)c1ccc(C=NO)cc1. The smallest absolute Gasteiger partial charge is 0.405 e. The Morgan fingerprint density at radius 1 is 0.935 bits per heavy atom. The van der Waals surface area contributed by atoms with Gasteiger partial charge in [-0.1, -0.05) is 79.7 Å². The van der Waals surface area contributed by atoms with Crippen LogP contribution < -0.4 is 10.6 Å². The molecule has 0 aliphatic carbocycles. The third kappa shape index (κ3) is 8.93. The first-order chi connectivity index (χ1) is 22.0. The van der Waals surface area contributed by atoms with Gasteiger partial charge >= 0.3 is 6.09 Å². The predicted octanol–water partition coefficient (Wildman–Crippen LogP) is 3.59. The fourth-order valence-corrected chi connectivity index (χ4v) is 6.89. The molecule has 0 bridgehead atoms. The lowest BCUT2D eigenvalue weighted by molar-refractivity contribution is -0.124. The van der Waals surface area contributed by atoms with Crippen molar-refractivity contribution in [2.24, 2.45) is 11.1 Å². The molecule has 3 aromatic carbocycles. The van der Waals surface area contributed by atoms with Gasteiger partial charge in [0.05, 0.1) is 23.3 Å². The normalized spacial score (nSPS) is 14.0. The summed E-state index contributed by atoms with van der Waals surface area (Å²) in [6.07, 6.45) is 0.353. The van der Waals surface area contributed by atoms with Crippen molar-refractivity contribution in [3.63, 3.8) is 0 Å². The molecule has 46 heavy (non-hydrogen) atoms. The Labute approximate surface area is 267 Å². The number of aliphatic hydroxyl groups is 1. The summed E-state index contributed by atoms with van der Waals surface area (Å²) in [5, 5.41) is 38.8. The van der Waals surface area contributed by atoms with Gasteiger partial charge in [0, 0.05) is 36.6 Å². The lowest BCUT2D eigenvalue weighted by Gasteiger charge is -2.31. The highest BCUT2D eigenvalue weighted by Crippen LogP contribution is 2.21. The number of H-pyrrole nitrogens is 1. The van der Waals surface area contributed by atoms with Crippen molar-refractivity contribution in [2.75, 3.05) is 13.1 Å². The molecule has 6 N–H and O–H groups in total. The van der Waals surface area contributed by atoms with Gasteiger partial charge in [0.1, 0.15) is 6.04 Å². The number of aromatic amines is 1. The fraction of sp³-hybridized carbons (Fsp3) is 0.303. The quantitative estimate of drug-likeness (QED) is 0.0646. The minimum atomic E-state index is -4.08. The Morgan fingerprint density at radius 2 is 1.61 bits per heavy atom. The Kier molecular flexibility index (Phi) is 11.5. The van der Waals surface area contributed by atoms with Gasteiger partial charge in [-0.15, -0.1) is 0 Å². The molecule has 1 heterocycles. The minimum absolute atomic E-state index is 0.0106. The summed E-state index contributed by atoms with van der Waals surface area (Å²) in [6, 6.07) is 20.2. The Morgan fingerprint density at radius 3 is 2.26 bits per heavy atom. The first kappa shape index (κ1) is 34.2. The number of carbonyl (C=O) groups is 2. The number of fused-ring (bicyclic) bond motifs is 1. The molecular formula is C33H39N5O7S. The van der Waals surface area contributed by atoms with Crippen molar-refractivity contribution in [3.05, 3.63) is 102 Å². The summed E-state index contributed by atoms with van der Waals surface area (Å²) < 4.78 is 28.7. The Balaban J connectivity index is 1.61. The molecule has 4 rings (SSSR count). The molecule has 0 saturated carbocycles. The molecule has 0 radical (unpaired) electrons. The highest BCUT2D eigenvalue weighted by atomic mass is 32.2. The third-order valence-electron chi connectivity index (χ3n) is 7.49. The third-order valence-corrected chi connectivity index (χ3v) is 9.33. The predicted molar refractivity (Wildman–Crippen MR) is 174 cm³/mol. The summed E-state index contributed by atoms with van der Waals surface area (Å²) >= 11 is 0. The standard InChI is InChI=1S/C33H39N5O7S/c1-22(2)20-38(46(44,45)26-14-12-24(13-15-26)18-35-43)21-31(39)29(16-23-8-4-3-5-9-23)36-32(40)30(37-33(41)42)17-25-19-34-28-11-7-6-10-27(25)28/h3-15,18-19,22,29-31,34,37,39,43H,16-17,20-21H2,1-2H3,(H,36,40)(H,41,42)/t29-,30-,31-/m0/s1. The van der Waals surface area contributed by atoms with E-state index in [1.165, 1.54) is 34.8 Å². The zero-order valence-corrected chi connectivity index (χ0v) is 26.4. The van der Waals surface area contributed by atoms with E-state index < -0.39 is 40.2 Å². The maximum Gasteiger partial charge on any atom is 0.405 e. The number of nitrogens with zero attached hydrogens (tertiary/aromatic N) is 2. The first-order valence-corrected chi connectivity index (χ1v) is 16.3. The van der Waals surface area contributed by atoms with Crippen LogP contribution in [0.15, 0.2) is 95.1 Å². The van der Waals surface area contributed by atoms with Gasteiger partial charge in [-0.05, 0) is 47.2 Å². The molecule has 0 aliphatic rings. The summed E-state index contributed by atoms with van der Waals surface area (Å²) in [5.74, 6) is -0.752. The number of carboxylic acid groups (broad SMARTS) is 1. The number of nitrogens with one attached hydrogen (secondary N) is 3. The van der Waals surface area contributed by atoms with E-state index in [0.29, 0.717) is 5.56 Å². The maximum absolute atomic E-state index is 13.8. The van der Waals surface area contributed by atoms with Crippen LogP contribution in [0, 0.1) is 5.92 Å². The van der Waals surface area contributed by atoms with Crippen LogP contribution in [0.1, 0.15) is 30.5 Å². The number of rotatable bonds is 15. The molecule has 1 aromatic heterocycles. The zero-order chi connectivity index (χ0) is 33.3. The van der Waals surface area contributed by atoms with Gasteiger partial charge in [0.15, 0.2) is 0 Å². The topological polar surface area (TPSA) is 184 Å². The van der Waals surface area contributed by atoms with Crippen LogP contribution >= 0.6 is 0 Å². The molecule has 3 atom stereocenters. The number of aliphatic hydroxyl groups excluding tert-OH is 1.